The number of esters is 1. The number of nitrogens with zero attached hydrogens (tertiary/aromatic N) is 2. The molecule has 0 aliphatic rings. The van der Waals surface area contributed by atoms with Gasteiger partial charge in [-0.05, 0) is 25.1 Å². The highest BCUT2D eigenvalue weighted by Gasteiger charge is 2.20. The summed E-state index contributed by atoms with van der Waals surface area (Å²) in [5.74, 6) is 1.01. The first-order chi connectivity index (χ1) is 12.7. The van der Waals surface area contributed by atoms with E-state index in [1.54, 1.807) is 25.8 Å². The van der Waals surface area contributed by atoms with Crippen molar-refractivity contribution in [2.75, 3.05) is 13.7 Å². The molecule has 1 aromatic heterocycles. The van der Waals surface area contributed by atoms with E-state index < -0.39 is 5.97 Å². The molecule has 0 fully saturated rings. The third-order valence-corrected chi connectivity index (χ3v) is 4.78. The minimum Gasteiger partial charge on any atom is -0.496 e. The quantitative estimate of drug-likeness (QED) is 0.502. The fourth-order valence-electron chi connectivity index (χ4n) is 2.46. The summed E-state index contributed by atoms with van der Waals surface area (Å²) in [5.41, 5.74) is 2.42. The molecule has 0 saturated carbocycles. The maximum absolute atomic E-state index is 12.0. The Morgan fingerprint density at radius 2 is 1.96 bits per heavy atom. The van der Waals surface area contributed by atoms with Gasteiger partial charge in [0.1, 0.15) is 11.4 Å². The van der Waals surface area contributed by atoms with E-state index in [9.17, 15) is 4.79 Å². The molecule has 0 aliphatic carbocycles. The van der Waals surface area contributed by atoms with Gasteiger partial charge in [0.15, 0.2) is 5.69 Å². The highest BCUT2D eigenvalue weighted by molar-refractivity contribution is 7.98. The van der Waals surface area contributed by atoms with Gasteiger partial charge in [0, 0.05) is 21.8 Å². The van der Waals surface area contributed by atoms with Gasteiger partial charge in [0.25, 0.3) is 0 Å². The number of thioether (sulfide) groups is 1. The molecule has 3 aromatic rings. The Morgan fingerprint density at radius 1 is 1.15 bits per heavy atom. The number of benzene rings is 2. The lowest BCUT2D eigenvalue weighted by Crippen LogP contribution is -2.06. The Morgan fingerprint density at radius 3 is 2.69 bits per heavy atom. The number of aromatic nitrogens is 3. The van der Waals surface area contributed by atoms with E-state index in [0.29, 0.717) is 5.69 Å². The fraction of sp³-hybridized carbons (Fsp3) is 0.211. The van der Waals surface area contributed by atoms with Crippen LogP contribution >= 0.6 is 11.8 Å². The summed E-state index contributed by atoms with van der Waals surface area (Å²) in [4.78, 5) is 13.2. The number of hydrogen-bond donors (Lipinski definition) is 1. The van der Waals surface area contributed by atoms with Crippen LogP contribution in [0, 0.1) is 0 Å². The molecule has 1 N–H and O–H groups in total. The SMILES string of the molecule is CCOC(=O)c1n[nH]nc1-c1ccc(CSc2ccccc2)c(OC)c1. The minimum absolute atomic E-state index is 0.167. The van der Waals surface area contributed by atoms with Crippen LogP contribution in [0.25, 0.3) is 11.3 Å². The Kier molecular flexibility index (Phi) is 5.91. The van der Waals surface area contributed by atoms with Crippen LogP contribution in [0.4, 0.5) is 0 Å². The highest BCUT2D eigenvalue weighted by atomic mass is 32.2. The van der Waals surface area contributed by atoms with E-state index in [1.807, 2.05) is 36.4 Å². The molecule has 0 bridgehead atoms. The largest absolute Gasteiger partial charge is 0.496 e. The summed E-state index contributed by atoms with van der Waals surface area (Å²) in [6.45, 7) is 2.03. The van der Waals surface area contributed by atoms with Gasteiger partial charge < -0.3 is 9.47 Å². The van der Waals surface area contributed by atoms with Crippen molar-refractivity contribution in [1.29, 1.82) is 0 Å². The molecule has 0 amide bonds. The molecule has 0 unspecified atom stereocenters. The van der Waals surface area contributed by atoms with Crippen LogP contribution < -0.4 is 4.74 Å². The predicted octanol–water partition coefficient (Wildman–Crippen LogP) is 3.95. The third kappa shape index (κ3) is 4.05. The van der Waals surface area contributed by atoms with E-state index >= 15 is 0 Å². The number of rotatable bonds is 7. The van der Waals surface area contributed by atoms with E-state index in [0.717, 1.165) is 22.6 Å². The van der Waals surface area contributed by atoms with E-state index in [4.69, 9.17) is 9.47 Å². The maximum atomic E-state index is 12.0. The summed E-state index contributed by atoms with van der Waals surface area (Å²) >= 11 is 1.73. The number of nitrogens with one attached hydrogen (secondary N) is 1. The molecule has 6 nitrogen and oxygen atoms in total. The summed E-state index contributed by atoms with van der Waals surface area (Å²) < 4.78 is 10.6. The second-order valence-corrected chi connectivity index (χ2v) is 6.42. The summed E-state index contributed by atoms with van der Waals surface area (Å²) in [7, 11) is 1.63. The monoisotopic (exact) mass is 369 g/mol. The number of aromatic amines is 1. The Balaban J connectivity index is 1.83. The molecule has 134 valence electrons. The van der Waals surface area contributed by atoms with E-state index in [1.165, 1.54) is 4.90 Å². The molecule has 0 radical (unpaired) electrons. The molecule has 0 atom stereocenters. The first-order valence-electron chi connectivity index (χ1n) is 8.16. The lowest BCUT2D eigenvalue weighted by atomic mass is 10.1. The summed E-state index contributed by atoms with van der Waals surface area (Å²) in [5, 5.41) is 10.5. The van der Waals surface area contributed by atoms with Crippen molar-refractivity contribution in [3.63, 3.8) is 0 Å². The van der Waals surface area contributed by atoms with Crippen LogP contribution in [-0.2, 0) is 10.5 Å². The van der Waals surface area contributed by atoms with Gasteiger partial charge in [-0.15, -0.1) is 16.9 Å². The minimum atomic E-state index is -0.501. The number of ether oxygens (including phenoxy) is 2. The molecule has 0 spiro atoms. The van der Waals surface area contributed by atoms with Crippen LogP contribution in [0.2, 0.25) is 0 Å². The zero-order chi connectivity index (χ0) is 18.4. The predicted molar refractivity (Wildman–Crippen MR) is 100 cm³/mol. The third-order valence-electron chi connectivity index (χ3n) is 3.71. The first kappa shape index (κ1) is 18.0. The second kappa shape index (κ2) is 8.53. The molecule has 0 aliphatic heterocycles. The normalized spacial score (nSPS) is 10.5. The van der Waals surface area contributed by atoms with Crippen LogP contribution in [-0.4, -0.2) is 35.1 Å². The zero-order valence-electron chi connectivity index (χ0n) is 14.6. The van der Waals surface area contributed by atoms with E-state index in [2.05, 4.69) is 27.5 Å². The van der Waals surface area contributed by atoms with Gasteiger partial charge in [-0.25, -0.2) is 4.79 Å². The van der Waals surface area contributed by atoms with Gasteiger partial charge in [-0.1, -0.05) is 30.3 Å². The van der Waals surface area contributed by atoms with Gasteiger partial charge >= 0.3 is 5.97 Å². The van der Waals surface area contributed by atoms with Crippen molar-refractivity contribution in [2.45, 2.75) is 17.6 Å². The molecular formula is C19H19N3O3S. The highest BCUT2D eigenvalue weighted by Crippen LogP contribution is 2.32. The van der Waals surface area contributed by atoms with Crippen molar-refractivity contribution in [2.24, 2.45) is 0 Å². The molecule has 3 rings (SSSR count). The Hall–Kier alpha value is -2.80. The fourth-order valence-corrected chi connectivity index (χ4v) is 3.37. The van der Waals surface area contributed by atoms with Crippen molar-refractivity contribution in [1.82, 2.24) is 15.4 Å². The maximum Gasteiger partial charge on any atom is 0.361 e. The average molecular weight is 369 g/mol. The van der Waals surface area contributed by atoms with E-state index in [-0.39, 0.29) is 12.3 Å². The number of H-pyrrole nitrogens is 1. The van der Waals surface area contributed by atoms with Crippen molar-refractivity contribution in [3.05, 3.63) is 59.8 Å². The number of hydrogen-bond acceptors (Lipinski definition) is 6. The van der Waals surface area contributed by atoms with Crippen molar-refractivity contribution >= 4 is 17.7 Å². The zero-order valence-corrected chi connectivity index (χ0v) is 15.4. The average Bonchev–Trinajstić information content (AvgIpc) is 3.17. The number of methoxy groups -OCH3 is 1. The molecule has 0 saturated heterocycles. The van der Waals surface area contributed by atoms with Gasteiger partial charge in [-0.2, -0.15) is 10.3 Å². The molecule has 2 aromatic carbocycles. The van der Waals surface area contributed by atoms with Crippen LogP contribution in [0.5, 0.6) is 5.75 Å². The molecular weight excluding hydrogens is 350 g/mol. The lowest BCUT2D eigenvalue weighted by Gasteiger charge is -2.10. The first-order valence-corrected chi connectivity index (χ1v) is 9.14. The summed E-state index contributed by atoms with van der Waals surface area (Å²) in [6.07, 6.45) is 0. The lowest BCUT2D eigenvalue weighted by molar-refractivity contribution is 0.0520. The molecule has 26 heavy (non-hydrogen) atoms. The van der Waals surface area contributed by atoms with Crippen LogP contribution in [0.15, 0.2) is 53.4 Å². The Labute approximate surface area is 155 Å². The van der Waals surface area contributed by atoms with Gasteiger partial charge in [0.2, 0.25) is 0 Å². The number of carbonyl (C=O) groups is 1. The number of carbonyl (C=O) groups excluding carboxylic acids is 1. The molecule has 7 heteroatoms. The van der Waals surface area contributed by atoms with Gasteiger partial charge in [0.05, 0.1) is 13.7 Å². The Bertz CT molecular complexity index is 881. The second-order valence-electron chi connectivity index (χ2n) is 5.37. The standard InChI is InChI=1S/C19H19N3O3S/c1-3-25-19(23)18-17(20-22-21-18)13-9-10-14(16(11-13)24-2)12-26-15-7-5-4-6-8-15/h4-11H,3,12H2,1-2H3,(H,20,21,22). The molecule has 1 heterocycles. The van der Waals surface area contributed by atoms with Crippen molar-refractivity contribution < 1.29 is 14.3 Å². The van der Waals surface area contributed by atoms with Crippen molar-refractivity contribution in [3.8, 4) is 17.0 Å². The van der Waals surface area contributed by atoms with Crippen LogP contribution in [0.3, 0.4) is 0 Å². The smallest absolute Gasteiger partial charge is 0.361 e. The topological polar surface area (TPSA) is 77.1 Å². The van der Waals surface area contributed by atoms with Gasteiger partial charge in [-0.3, -0.25) is 0 Å². The van der Waals surface area contributed by atoms with Crippen LogP contribution in [0.1, 0.15) is 23.0 Å². The summed E-state index contributed by atoms with van der Waals surface area (Å²) in [6, 6.07) is 15.9.